The monoisotopic (exact) mass is 372 g/mol. The zero-order valence-corrected chi connectivity index (χ0v) is 14.4. The Morgan fingerprint density at radius 3 is 2.50 bits per heavy atom. The maximum Gasteiger partial charge on any atom is 0.491 e. The van der Waals surface area contributed by atoms with Crippen molar-refractivity contribution in [3.8, 4) is 5.75 Å². The zero-order valence-electron chi connectivity index (χ0n) is 14.4. The van der Waals surface area contributed by atoms with Crippen molar-refractivity contribution in [2.45, 2.75) is 51.2 Å². The Morgan fingerprint density at radius 2 is 1.88 bits per heavy atom. The molecule has 0 unspecified atom stereocenters. The third kappa shape index (κ3) is 5.72. The first-order chi connectivity index (χ1) is 12.3. The summed E-state index contributed by atoms with van der Waals surface area (Å²) < 4.78 is 41.8. The number of hydrogen-bond donors (Lipinski definition) is 2. The molecule has 0 bridgehead atoms. The highest BCUT2D eigenvalue weighted by Gasteiger charge is 2.41. The number of alkyl halides is 3. The number of primary amides is 1. The molecule has 5 nitrogen and oxygen atoms in total. The Bertz CT molecular complexity index is 641. The Hall–Kier alpha value is -2.09. The lowest BCUT2D eigenvalue weighted by molar-refractivity contribution is -0.189. The fourth-order valence-corrected chi connectivity index (χ4v) is 3.23. The highest BCUT2D eigenvalue weighted by atomic mass is 19.4. The van der Waals surface area contributed by atoms with Crippen LogP contribution in [0.3, 0.4) is 0 Å². The molecule has 1 fully saturated rings. The van der Waals surface area contributed by atoms with Crippen molar-refractivity contribution in [1.82, 2.24) is 5.32 Å². The summed E-state index contributed by atoms with van der Waals surface area (Å²) >= 11 is 0. The number of benzene rings is 1. The summed E-state index contributed by atoms with van der Waals surface area (Å²) in [5.74, 6) is -2.79. The predicted octanol–water partition coefficient (Wildman–Crippen LogP) is 3.31. The molecule has 0 aliphatic heterocycles. The van der Waals surface area contributed by atoms with Crippen LogP contribution in [0.25, 0.3) is 0 Å². The SMILES string of the molecule is NC(=O)c1cccc(OC(=O)C(F)(F)F)c1CNCCC1CCCCC1. The van der Waals surface area contributed by atoms with E-state index in [1.54, 1.807) is 0 Å². The van der Waals surface area contributed by atoms with Gasteiger partial charge in [-0.25, -0.2) is 4.79 Å². The van der Waals surface area contributed by atoms with Gasteiger partial charge in [0, 0.05) is 17.7 Å². The van der Waals surface area contributed by atoms with Gasteiger partial charge in [-0.3, -0.25) is 4.79 Å². The number of nitrogens with one attached hydrogen (secondary N) is 1. The minimum absolute atomic E-state index is 0.0302. The van der Waals surface area contributed by atoms with Gasteiger partial charge in [-0.2, -0.15) is 13.2 Å². The number of ether oxygens (including phenoxy) is 1. The lowest BCUT2D eigenvalue weighted by Crippen LogP contribution is -2.29. The fraction of sp³-hybridized carbons (Fsp3) is 0.556. The topological polar surface area (TPSA) is 81.4 Å². The summed E-state index contributed by atoms with van der Waals surface area (Å²) in [7, 11) is 0. The van der Waals surface area contributed by atoms with E-state index < -0.39 is 18.1 Å². The average Bonchev–Trinajstić information content (AvgIpc) is 2.59. The van der Waals surface area contributed by atoms with Crippen molar-refractivity contribution in [2.24, 2.45) is 11.7 Å². The van der Waals surface area contributed by atoms with Crippen molar-refractivity contribution >= 4 is 11.9 Å². The Morgan fingerprint density at radius 1 is 1.19 bits per heavy atom. The smallest absolute Gasteiger partial charge is 0.420 e. The van der Waals surface area contributed by atoms with E-state index in [-0.39, 0.29) is 23.4 Å². The van der Waals surface area contributed by atoms with E-state index >= 15 is 0 Å². The summed E-state index contributed by atoms with van der Waals surface area (Å²) in [6.07, 6.45) is 1.94. The van der Waals surface area contributed by atoms with Crippen molar-refractivity contribution in [1.29, 1.82) is 0 Å². The second kappa shape index (κ2) is 9.02. The normalized spacial score (nSPS) is 15.7. The van der Waals surface area contributed by atoms with E-state index in [0.717, 1.165) is 6.42 Å². The van der Waals surface area contributed by atoms with E-state index in [0.29, 0.717) is 12.5 Å². The molecule has 1 aromatic rings. The van der Waals surface area contributed by atoms with Gasteiger partial charge < -0.3 is 15.8 Å². The Balaban J connectivity index is 2.03. The highest BCUT2D eigenvalue weighted by molar-refractivity contribution is 5.95. The number of esters is 1. The van der Waals surface area contributed by atoms with Gasteiger partial charge in [-0.05, 0) is 31.0 Å². The molecule has 26 heavy (non-hydrogen) atoms. The molecule has 0 spiro atoms. The molecule has 8 heteroatoms. The molecule has 2 rings (SSSR count). The molecule has 1 saturated carbocycles. The van der Waals surface area contributed by atoms with Crippen LogP contribution in [0.1, 0.15) is 54.4 Å². The lowest BCUT2D eigenvalue weighted by atomic mass is 9.87. The summed E-state index contributed by atoms with van der Waals surface area (Å²) in [6.45, 7) is 0.747. The molecule has 1 aliphatic rings. The van der Waals surface area contributed by atoms with Gasteiger partial charge in [0.05, 0.1) is 0 Å². The van der Waals surface area contributed by atoms with Crippen molar-refractivity contribution in [3.63, 3.8) is 0 Å². The third-order valence-corrected chi connectivity index (χ3v) is 4.59. The molecule has 0 atom stereocenters. The van der Waals surface area contributed by atoms with Crippen LogP contribution in [0, 0.1) is 5.92 Å². The number of nitrogens with two attached hydrogens (primary N) is 1. The van der Waals surface area contributed by atoms with Crippen LogP contribution in [0.5, 0.6) is 5.75 Å². The minimum atomic E-state index is -5.12. The van der Waals surface area contributed by atoms with Crippen LogP contribution in [-0.4, -0.2) is 24.6 Å². The van der Waals surface area contributed by atoms with E-state index in [4.69, 9.17) is 5.73 Å². The Labute approximate surface area is 150 Å². The average molecular weight is 372 g/mol. The van der Waals surface area contributed by atoms with Gasteiger partial charge in [0.15, 0.2) is 0 Å². The number of hydrogen-bond acceptors (Lipinski definition) is 4. The van der Waals surface area contributed by atoms with Gasteiger partial charge >= 0.3 is 12.1 Å². The van der Waals surface area contributed by atoms with E-state index in [9.17, 15) is 22.8 Å². The van der Waals surface area contributed by atoms with Gasteiger partial charge in [-0.15, -0.1) is 0 Å². The van der Waals surface area contributed by atoms with Crippen LogP contribution >= 0.6 is 0 Å². The zero-order chi connectivity index (χ0) is 19.2. The fourth-order valence-electron chi connectivity index (χ4n) is 3.23. The first-order valence-corrected chi connectivity index (χ1v) is 8.70. The minimum Gasteiger partial charge on any atom is -0.420 e. The third-order valence-electron chi connectivity index (χ3n) is 4.59. The van der Waals surface area contributed by atoms with E-state index in [2.05, 4.69) is 10.1 Å². The van der Waals surface area contributed by atoms with Crippen LogP contribution < -0.4 is 15.8 Å². The first kappa shape index (κ1) is 20.2. The molecule has 144 valence electrons. The molecular weight excluding hydrogens is 349 g/mol. The van der Waals surface area contributed by atoms with E-state index in [1.807, 2.05) is 0 Å². The predicted molar refractivity (Wildman–Crippen MR) is 89.5 cm³/mol. The van der Waals surface area contributed by atoms with Crippen LogP contribution in [-0.2, 0) is 11.3 Å². The molecule has 1 aliphatic carbocycles. The summed E-state index contributed by atoms with van der Waals surface area (Å²) in [5.41, 5.74) is 5.48. The molecule has 0 heterocycles. The van der Waals surface area contributed by atoms with Gasteiger partial charge in [0.1, 0.15) is 5.75 Å². The molecule has 3 N–H and O–H groups in total. The maximum absolute atomic E-state index is 12.5. The van der Waals surface area contributed by atoms with Crippen LogP contribution in [0.15, 0.2) is 18.2 Å². The number of halogens is 3. The highest BCUT2D eigenvalue weighted by Crippen LogP contribution is 2.27. The Kier molecular flexibility index (Phi) is 7.02. The number of amides is 1. The van der Waals surface area contributed by atoms with Gasteiger partial charge in [0.2, 0.25) is 5.91 Å². The van der Waals surface area contributed by atoms with Crippen molar-refractivity contribution in [2.75, 3.05) is 6.54 Å². The maximum atomic E-state index is 12.5. The van der Waals surface area contributed by atoms with Gasteiger partial charge in [0.25, 0.3) is 0 Å². The summed E-state index contributed by atoms with van der Waals surface area (Å²) in [4.78, 5) is 22.7. The second-order valence-corrected chi connectivity index (χ2v) is 6.50. The van der Waals surface area contributed by atoms with E-state index in [1.165, 1.54) is 50.3 Å². The molecule has 1 amide bonds. The molecule has 0 aromatic heterocycles. The second-order valence-electron chi connectivity index (χ2n) is 6.50. The van der Waals surface area contributed by atoms with Crippen molar-refractivity contribution in [3.05, 3.63) is 29.3 Å². The first-order valence-electron chi connectivity index (χ1n) is 8.70. The van der Waals surface area contributed by atoms with Crippen LogP contribution in [0.2, 0.25) is 0 Å². The molecule has 0 radical (unpaired) electrons. The summed E-state index contributed by atoms with van der Waals surface area (Å²) in [5, 5.41) is 3.12. The quantitative estimate of drug-likeness (QED) is 0.437. The van der Waals surface area contributed by atoms with Gasteiger partial charge in [-0.1, -0.05) is 38.2 Å². The molecule has 1 aromatic carbocycles. The lowest BCUT2D eigenvalue weighted by Gasteiger charge is -2.21. The summed E-state index contributed by atoms with van der Waals surface area (Å²) in [6, 6.07) is 3.93. The standard InChI is InChI=1S/C18H23F3N2O3/c19-18(20,21)17(25)26-15-8-4-7-13(16(22)24)14(15)11-23-10-9-12-5-2-1-3-6-12/h4,7-8,12,23H,1-3,5-6,9-11H2,(H2,22,24). The molecule has 0 saturated heterocycles. The van der Waals surface area contributed by atoms with Crippen LogP contribution in [0.4, 0.5) is 13.2 Å². The largest absolute Gasteiger partial charge is 0.491 e. The van der Waals surface area contributed by atoms with Crippen molar-refractivity contribution < 1.29 is 27.5 Å². The number of carbonyl (C=O) groups is 2. The number of rotatable bonds is 7. The number of carbonyl (C=O) groups excluding carboxylic acids is 2. The molecular formula is C18H23F3N2O3.